The highest BCUT2D eigenvalue weighted by atomic mass is 35.5. The van der Waals surface area contributed by atoms with Gasteiger partial charge in [-0.05, 0) is 42.5 Å². The van der Waals surface area contributed by atoms with E-state index in [1.807, 2.05) is 6.07 Å². The van der Waals surface area contributed by atoms with E-state index in [0.717, 1.165) is 0 Å². The van der Waals surface area contributed by atoms with Crippen LogP contribution < -0.4 is 4.74 Å². The fourth-order valence-electron chi connectivity index (χ4n) is 2.76. The Kier molecular flexibility index (Phi) is 5.65. The molecule has 3 aromatic rings. The van der Waals surface area contributed by atoms with Crippen LogP contribution in [0.2, 0.25) is 10.0 Å². The zero-order chi connectivity index (χ0) is 21.1. The molecule has 1 heterocycles. The monoisotopic (exact) mass is 437 g/mol. The molecule has 0 saturated heterocycles. The van der Waals surface area contributed by atoms with E-state index < -0.39 is 11.9 Å². The van der Waals surface area contributed by atoms with Crippen LogP contribution in [0.25, 0.3) is 6.08 Å². The van der Waals surface area contributed by atoms with Crippen molar-refractivity contribution in [3.8, 4) is 5.75 Å². The molecule has 0 N–H and O–H groups in total. The minimum atomic E-state index is -0.639. The van der Waals surface area contributed by atoms with Crippen molar-refractivity contribution >= 4 is 47.1 Å². The first kappa shape index (κ1) is 19.9. The molecule has 0 saturated carbocycles. The molecule has 4 rings (SSSR count). The molecule has 0 aromatic heterocycles. The second kappa shape index (κ2) is 8.53. The Bertz CT molecular complexity index is 1200. The van der Waals surface area contributed by atoms with Crippen LogP contribution in [0.3, 0.4) is 0 Å². The van der Waals surface area contributed by atoms with Gasteiger partial charge in [0.1, 0.15) is 5.75 Å². The second-order valence-electron chi connectivity index (χ2n) is 6.25. The molecule has 0 radical (unpaired) electrons. The van der Waals surface area contributed by atoms with Crippen molar-refractivity contribution in [3.63, 3.8) is 0 Å². The lowest BCUT2D eigenvalue weighted by Gasteiger charge is -2.07. The van der Waals surface area contributed by atoms with Crippen LogP contribution in [0.15, 0.2) is 83.5 Å². The normalized spacial score (nSPS) is 14.4. The van der Waals surface area contributed by atoms with Gasteiger partial charge in [0, 0.05) is 10.6 Å². The molecular weight excluding hydrogens is 425 g/mol. The number of aliphatic imine (C=N–C) groups is 1. The van der Waals surface area contributed by atoms with Crippen molar-refractivity contribution in [2.24, 2.45) is 4.99 Å². The molecule has 0 atom stereocenters. The predicted octanol–water partition coefficient (Wildman–Crippen LogP) is 5.56. The number of cyclic esters (lactones) is 1. The van der Waals surface area contributed by atoms with Gasteiger partial charge in [-0.15, -0.1) is 0 Å². The number of nitrogens with zero attached hydrogens (tertiary/aromatic N) is 1. The van der Waals surface area contributed by atoms with Gasteiger partial charge >= 0.3 is 11.9 Å². The summed E-state index contributed by atoms with van der Waals surface area (Å²) in [6.45, 7) is 0. The van der Waals surface area contributed by atoms with Gasteiger partial charge in [-0.1, -0.05) is 59.6 Å². The van der Waals surface area contributed by atoms with E-state index in [-0.39, 0.29) is 11.6 Å². The van der Waals surface area contributed by atoms with Crippen LogP contribution >= 0.6 is 23.2 Å². The van der Waals surface area contributed by atoms with Gasteiger partial charge in [-0.25, -0.2) is 14.6 Å². The number of hydrogen-bond acceptors (Lipinski definition) is 5. The fourth-order valence-corrected chi connectivity index (χ4v) is 3.25. The Hall–Kier alpha value is -3.41. The third kappa shape index (κ3) is 4.27. The number of hydrogen-bond donors (Lipinski definition) is 0. The number of rotatable bonds is 4. The van der Waals surface area contributed by atoms with E-state index in [1.165, 1.54) is 12.1 Å². The van der Waals surface area contributed by atoms with Crippen molar-refractivity contribution in [1.29, 1.82) is 0 Å². The van der Waals surface area contributed by atoms with E-state index >= 15 is 0 Å². The largest absolute Gasteiger partial charge is 0.422 e. The number of halogens is 2. The average molecular weight is 438 g/mol. The second-order valence-corrected chi connectivity index (χ2v) is 7.10. The van der Waals surface area contributed by atoms with Crippen LogP contribution in [0, 0.1) is 0 Å². The van der Waals surface area contributed by atoms with Gasteiger partial charge in [0.2, 0.25) is 5.90 Å². The number of para-hydroxylation sites is 1. The summed E-state index contributed by atoms with van der Waals surface area (Å²) >= 11 is 12.1. The number of carbonyl (C=O) groups is 2. The SMILES string of the molecule is O=C1OC(c2ccc(Cl)cc2Cl)=N/C1=C/c1ccccc1OC(=O)c1ccccc1. The van der Waals surface area contributed by atoms with Crippen molar-refractivity contribution in [2.45, 2.75) is 0 Å². The standard InChI is InChI=1S/C23H13Cl2NO4/c24-16-10-11-17(18(25)13-16)21-26-19(23(28)30-21)12-15-8-4-5-9-20(15)29-22(27)14-6-2-1-3-7-14/h1-13H/b19-12+. The molecule has 0 spiro atoms. The van der Waals surface area contributed by atoms with Crippen LogP contribution in [0.1, 0.15) is 21.5 Å². The number of esters is 2. The average Bonchev–Trinajstić information content (AvgIpc) is 3.10. The third-order valence-electron chi connectivity index (χ3n) is 4.21. The van der Waals surface area contributed by atoms with Crippen LogP contribution in [0.4, 0.5) is 0 Å². The van der Waals surface area contributed by atoms with Gasteiger partial charge < -0.3 is 9.47 Å². The lowest BCUT2D eigenvalue weighted by Crippen LogP contribution is -2.09. The molecule has 0 aliphatic carbocycles. The third-order valence-corrected chi connectivity index (χ3v) is 4.75. The first-order valence-corrected chi connectivity index (χ1v) is 9.61. The summed E-state index contributed by atoms with van der Waals surface area (Å²) in [6, 6.07) is 20.2. The van der Waals surface area contributed by atoms with E-state index in [9.17, 15) is 9.59 Å². The number of ether oxygens (including phenoxy) is 2. The molecule has 0 amide bonds. The number of carbonyl (C=O) groups excluding carboxylic acids is 2. The van der Waals surface area contributed by atoms with Crippen LogP contribution in [-0.2, 0) is 9.53 Å². The van der Waals surface area contributed by atoms with Gasteiger partial charge in [0.15, 0.2) is 5.70 Å². The number of benzene rings is 3. The molecule has 0 bridgehead atoms. The molecular formula is C23H13Cl2NO4. The molecule has 7 heteroatoms. The molecule has 1 aliphatic rings. The molecule has 3 aromatic carbocycles. The van der Waals surface area contributed by atoms with E-state index in [1.54, 1.807) is 60.7 Å². The van der Waals surface area contributed by atoms with Crippen LogP contribution in [0.5, 0.6) is 5.75 Å². The molecule has 5 nitrogen and oxygen atoms in total. The summed E-state index contributed by atoms with van der Waals surface area (Å²) in [5.74, 6) is -0.778. The smallest absolute Gasteiger partial charge is 0.363 e. The van der Waals surface area contributed by atoms with E-state index in [4.69, 9.17) is 32.7 Å². The maximum atomic E-state index is 12.4. The molecule has 0 fully saturated rings. The van der Waals surface area contributed by atoms with Crippen molar-refractivity contribution in [1.82, 2.24) is 0 Å². The highest BCUT2D eigenvalue weighted by Crippen LogP contribution is 2.28. The Morgan fingerprint density at radius 2 is 1.70 bits per heavy atom. The lowest BCUT2D eigenvalue weighted by molar-refractivity contribution is -0.129. The van der Waals surface area contributed by atoms with Gasteiger partial charge in [-0.2, -0.15) is 0 Å². The molecule has 148 valence electrons. The predicted molar refractivity (Wildman–Crippen MR) is 115 cm³/mol. The topological polar surface area (TPSA) is 65.0 Å². The van der Waals surface area contributed by atoms with Gasteiger partial charge in [-0.3, -0.25) is 0 Å². The van der Waals surface area contributed by atoms with Gasteiger partial charge in [0.25, 0.3) is 0 Å². The Morgan fingerprint density at radius 3 is 2.47 bits per heavy atom. The van der Waals surface area contributed by atoms with E-state index in [0.29, 0.717) is 32.5 Å². The zero-order valence-electron chi connectivity index (χ0n) is 15.3. The van der Waals surface area contributed by atoms with Crippen molar-refractivity contribution < 1.29 is 19.1 Å². The Balaban J connectivity index is 1.64. The summed E-state index contributed by atoms with van der Waals surface area (Å²) in [7, 11) is 0. The molecule has 1 aliphatic heterocycles. The van der Waals surface area contributed by atoms with E-state index in [2.05, 4.69) is 4.99 Å². The highest BCUT2D eigenvalue weighted by molar-refractivity contribution is 6.37. The zero-order valence-corrected chi connectivity index (χ0v) is 16.9. The first-order chi connectivity index (χ1) is 14.5. The summed E-state index contributed by atoms with van der Waals surface area (Å²) in [5.41, 5.74) is 1.42. The Labute approximate surface area is 182 Å². The van der Waals surface area contributed by atoms with Gasteiger partial charge in [0.05, 0.1) is 16.1 Å². The minimum absolute atomic E-state index is 0.0548. The first-order valence-electron chi connectivity index (χ1n) is 8.85. The molecule has 30 heavy (non-hydrogen) atoms. The quantitative estimate of drug-likeness (QED) is 0.304. The summed E-state index contributed by atoms with van der Waals surface area (Å²) in [4.78, 5) is 28.9. The minimum Gasteiger partial charge on any atom is -0.422 e. The summed E-state index contributed by atoms with van der Waals surface area (Å²) < 4.78 is 10.8. The maximum absolute atomic E-state index is 12.4. The summed E-state index contributed by atoms with van der Waals surface area (Å²) in [6.07, 6.45) is 1.49. The highest BCUT2D eigenvalue weighted by Gasteiger charge is 2.26. The van der Waals surface area contributed by atoms with Crippen molar-refractivity contribution in [3.05, 3.63) is 105 Å². The fraction of sp³-hybridized carbons (Fsp3) is 0. The Morgan fingerprint density at radius 1 is 0.967 bits per heavy atom. The summed E-state index contributed by atoms with van der Waals surface area (Å²) in [5, 5.41) is 0.770. The van der Waals surface area contributed by atoms with Crippen molar-refractivity contribution in [2.75, 3.05) is 0 Å². The van der Waals surface area contributed by atoms with Crippen LogP contribution in [-0.4, -0.2) is 17.8 Å². The maximum Gasteiger partial charge on any atom is 0.363 e. The molecule has 0 unspecified atom stereocenters. The lowest BCUT2D eigenvalue weighted by atomic mass is 10.1.